The SMILES string of the molecule is CCN(CCO)Cc1cccc(C(=O)c2scc(O)c2C(C)(C)C)c1. The molecule has 5 heteroatoms. The van der Waals surface area contributed by atoms with Crippen molar-refractivity contribution < 1.29 is 15.0 Å². The first kappa shape index (κ1) is 19.6. The maximum absolute atomic E-state index is 13.0. The number of aliphatic hydroxyl groups is 1. The van der Waals surface area contributed by atoms with Crippen molar-refractivity contribution in [2.75, 3.05) is 19.7 Å². The normalized spacial score (nSPS) is 11.9. The van der Waals surface area contributed by atoms with Crippen molar-refractivity contribution in [3.63, 3.8) is 0 Å². The van der Waals surface area contributed by atoms with Gasteiger partial charge in [0.2, 0.25) is 5.78 Å². The molecule has 0 fully saturated rings. The molecule has 0 radical (unpaired) electrons. The highest BCUT2D eigenvalue weighted by molar-refractivity contribution is 7.12. The van der Waals surface area contributed by atoms with E-state index < -0.39 is 0 Å². The molecule has 4 nitrogen and oxygen atoms in total. The van der Waals surface area contributed by atoms with Crippen LogP contribution in [-0.4, -0.2) is 40.6 Å². The molecule has 2 aromatic rings. The lowest BCUT2D eigenvalue weighted by Gasteiger charge is -2.20. The minimum absolute atomic E-state index is 0.0534. The maximum atomic E-state index is 13.0. The van der Waals surface area contributed by atoms with Crippen molar-refractivity contribution >= 4 is 17.1 Å². The molecule has 0 unspecified atom stereocenters. The summed E-state index contributed by atoms with van der Waals surface area (Å²) in [5, 5.41) is 20.9. The molecule has 0 atom stereocenters. The molecular formula is C20H27NO3S. The van der Waals surface area contributed by atoms with Crippen molar-refractivity contribution in [2.24, 2.45) is 0 Å². The topological polar surface area (TPSA) is 60.8 Å². The highest BCUT2D eigenvalue weighted by atomic mass is 32.1. The van der Waals surface area contributed by atoms with Crippen molar-refractivity contribution in [1.29, 1.82) is 0 Å². The summed E-state index contributed by atoms with van der Waals surface area (Å²) in [4.78, 5) is 15.7. The lowest BCUT2D eigenvalue weighted by atomic mass is 9.85. The van der Waals surface area contributed by atoms with Crippen molar-refractivity contribution in [1.82, 2.24) is 4.90 Å². The minimum Gasteiger partial charge on any atom is -0.507 e. The summed E-state index contributed by atoms with van der Waals surface area (Å²) in [5.41, 5.74) is 2.08. The van der Waals surface area contributed by atoms with Gasteiger partial charge in [-0.05, 0) is 23.6 Å². The fourth-order valence-corrected chi connectivity index (χ4v) is 4.03. The van der Waals surface area contributed by atoms with E-state index in [1.165, 1.54) is 11.3 Å². The second kappa shape index (κ2) is 8.13. The summed E-state index contributed by atoms with van der Waals surface area (Å²) in [6, 6.07) is 7.61. The van der Waals surface area contributed by atoms with Gasteiger partial charge in [0.15, 0.2) is 0 Å². The van der Waals surface area contributed by atoms with Crippen LogP contribution in [0, 0.1) is 0 Å². The zero-order valence-corrected chi connectivity index (χ0v) is 16.2. The van der Waals surface area contributed by atoms with Crippen LogP contribution in [-0.2, 0) is 12.0 Å². The van der Waals surface area contributed by atoms with Crippen molar-refractivity contribution in [3.05, 3.63) is 51.2 Å². The van der Waals surface area contributed by atoms with E-state index in [0.29, 0.717) is 29.1 Å². The van der Waals surface area contributed by atoms with Gasteiger partial charge in [0.05, 0.1) is 11.5 Å². The second-order valence-corrected chi connectivity index (χ2v) is 8.08. The smallest absolute Gasteiger partial charge is 0.203 e. The Balaban J connectivity index is 2.31. The average Bonchev–Trinajstić information content (AvgIpc) is 2.96. The van der Waals surface area contributed by atoms with Crippen LogP contribution in [0.25, 0.3) is 0 Å². The Bertz CT molecular complexity index is 731. The number of rotatable bonds is 7. The van der Waals surface area contributed by atoms with Crippen LogP contribution in [0.3, 0.4) is 0 Å². The molecule has 1 aromatic carbocycles. The zero-order chi connectivity index (χ0) is 18.6. The Morgan fingerprint density at radius 3 is 2.60 bits per heavy atom. The Morgan fingerprint density at radius 2 is 2.00 bits per heavy atom. The van der Waals surface area contributed by atoms with Gasteiger partial charge in [-0.1, -0.05) is 45.9 Å². The molecule has 0 aliphatic heterocycles. The van der Waals surface area contributed by atoms with Gasteiger partial charge >= 0.3 is 0 Å². The lowest BCUT2D eigenvalue weighted by molar-refractivity contribution is 0.104. The fraction of sp³-hybridized carbons (Fsp3) is 0.450. The van der Waals surface area contributed by atoms with Crippen LogP contribution in [0.1, 0.15) is 54.1 Å². The van der Waals surface area contributed by atoms with Gasteiger partial charge in [0.1, 0.15) is 5.75 Å². The molecule has 1 heterocycles. The molecule has 0 saturated carbocycles. The Hall–Kier alpha value is -1.69. The summed E-state index contributed by atoms with van der Waals surface area (Å²) in [7, 11) is 0. The van der Waals surface area contributed by atoms with Crippen LogP contribution in [0.4, 0.5) is 0 Å². The van der Waals surface area contributed by atoms with E-state index in [-0.39, 0.29) is 23.6 Å². The molecule has 0 aliphatic carbocycles. The number of nitrogens with zero attached hydrogens (tertiary/aromatic N) is 1. The highest BCUT2D eigenvalue weighted by Crippen LogP contribution is 2.39. The van der Waals surface area contributed by atoms with E-state index in [2.05, 4.69) is 11.8 Å². The van der Waals surface area contributed by atoms with Gasteiger partial charge in [-0.2, -0.15) is 0 Å². The van der Waals surface area contributed by atoms with E-state index in [9.17, 15) is 9.90 Å². The van der Waals surface area contributed by atoms with E-state index in [1.54, 1.807) is 5.38 Å². The van der Waals surface area contributed by atoms with Crippen LogP contribution in [0.15, 0.2) is 29.6 Å². The third kappa shape index (κ3) is 4.69. The van der Waals surface area contributed by atoms with Gasteiger partial charge in [-0.15, -0.1) is 11.3 Å². The molecule has 0 bridgehead atoms. The number of hydrogen-bond acceptors (Lipinski definition) is 5. The molecule has 0 aliphatic rings. The molecule has 2 N–H and O–H groups in total. The number of likely N-dealkylation sites (N-methyl/N-ethyl adjacent to an activating group) is 1. The maximum Gasteiger partial charge on any atom is 0.203 e. The molecule has 2 rings (SSSR count). The molecule has 25 heavy (non-hydrogen) atoms. The predicted molar refractivity (Wildman–Crippen MR) is 103 cm³/mol. The number of hydrogen-bond donors (Lipinski definition) is 2. The van der Waals surface area contributed by atoms with Crippen molar-refractivity contribution in [2.45, 2.75) is 39.7 Å². The summed E-state index contributed by atoms with van der Waals surface area (Å²) in [6.45, 7) is 10.3. The zero-order valence-electron chi connectivity index (χ0n) is 15.4. The van der Waals surface area contributed by atoms with Crippen LogP contribution in [0.2, 0.25) is 0 Å². The quantitative estimate of drug-likeness (QED) is 0.737. The largest absolute Gasteiger partial charge is 0.507 e. The summed E-state index contributed by atoms with van der Waals surface area (Å²) in [5.74, 6) is 0.138. The van der Waals surface area contributed by atoms with Gasteiger partial charge in [-0.3, -0.25) is 9.69 Å². The first-order chi connectivity index (χ1) is 11.8. The number of thiophene rings is 1. The summed E-state index contributed by atoms with van der Waals surface area (Å²) >= 11 is 1.30. The van der Waals surface area contributed by atoms with Crippen molar-refractivity contribution in [3.8, 4) is 5.75 Å². The van der Waals surface area contributed by atoms with Gasteiger partial charge in [-0.25, -0.2) is 0 Å². The standard InChI is InChI=1S/C20H27NO3S/c1-5-21(9-10-22)12-14-7-6-8-15(11-14)18(24)19-17(20(2,3)4)16(23)13-25-19/h6-8,11,13,22-23H,5,9-10,12H2,1-4H3. The average molecular weight is 362 g/mol. The third-order valence-corrected chi connectivity index (χ3v) is 5.15. The molecule has 1 aromatic heterocycles. The molecular weight excluding hydrogens is 334 g/mol. The summed E-state index contributed by atoms with van der Waals surface area (Å²) < 4.78 is 0. The first-order valence-electron chi connectivity index (χ1n) is 8.55. The minimum atomic E-state index is -0.299. The van der Waals surface area contributed by atoms with E-state index in [4.69, 9.17) is 5.11 Å². The molecule has 0 spiro atoms. The van der Waals surface area contributed by atoms with E-state index in [0.717, 1.165) is 12.1 Å². The number of ketones is 1. The highest BCUT2D eigenvalue weighted by Gasteiger charge is 2.28. The van der Waals surface area contributed by atoms with Crippen LogP contribution >= 0.6 is 11.3 Å². The van der Waals surface area contributed by atoms with Crippen LogP contribution < -0.4 is 0 Å². The van der Waals surface area contributed by atoms with Crippen LogP contribution in [0.5, 0.6) is 5.75 Å². The second-order valence-electron chi connectivity index (χ2n) is 7.20. The number of aromatic hydroxyl groups is 1. The van der Waals surface area contributed by atoms with E-state index >= 15 is 0 Å². The predicted octanol–water partition coefficient (Wildman–Crippen LogP) is 3.80. The van der Waals surface area contributed by atoms with Gasteiger partial charge in [0, 0.05) is 29.6 Å². The van der Waals surface area contributed by atoms with Gasteiger partial charge < -0.3 is 10.2 Å². The number of aliphatic hydroxyl groups excluding tert-OH is 1. The third-order valence-electron chi connectivity index (χ3n) is 4.19. The Kier molecular flexibility index (Phi) is 6.38. The summed E-state index contributed by atoms with van der Waals surface area (Å²) in [6.07, 6.45) is 0. The first-order valence-corrected chi connectivity index (χ1v) is 9.43. The molecule has 136 valence electrons. The van der Waals surface area contributed by atoms with Gasteiger partial charge in [0.25, 0.3) is 0 Å². The molecule has 0 amide bonds. The fourth-order valence-electron chi connectivity index (χ4n) is 2.93. The number of carbonyl (C=O) groups is 1. The Morgan fingerprint density at radius 1 is 1.28 bits per heavy atom. The monoisotopic (exact) mass is 361 g/mol. The lowest BCUT2D eigenvalue weighted by Crippen LogP contribution is -2.26. The molecule has 0 saturated heterocycles. The Labute approximate surface area is 153 Å². The number of carbonyl (C=O) groups excluding carboxylic acids is 1. The van der Waals surface area contributed by atoms with E-state index in [1.807, 2.05) is 45.0 Å². The number of benzene rings is 1.